The second-order valence-corrected chi connectivity index (χ2v) is 10.5. The van der Waals surface area contributed by atoms with Crippen molar-refractivity contribution in [1.82, 2.24) is 26.2 Å². The summed E-state index contributed by atoms with van der Waals surface area (Å²) in [6, 6.07) is 1.85. The van der Waals surface area contributed by atoms with E-state index < -0.39 is 50.6 Å². The Morgan fingerprint density at radius 1 is 0.613 bits per heavy atom. The molecule has 0 spiro atoms. The molecule has 31 heavy (non-hydrogen) atoms. The molecule has 169 valence electrons. The van der Waals surface area contributed by atoms with E-state index in [-0.39, 0.29) is 17.1 Å². The van der Waals surface area contributed by atoms with Gasteiger partial charge < -0.3 is 0 Å². The van der Waals surface area contributed by atoms with Crippen molar-refractivity contribution in [3.8, 4) is 0 Å². The number of alkyl halides is 9. The third-order valence-corrected chi connectivity index (χ3v) is 9.05. The van der Waals surface area contributed by atoms with Crippen LogP contribution in [0.5, 0.6) is 0 Å². The van der Waals surface area contributed by atoms with Crippen molar-refractivity contribution in [1.29, 1.82) is 0 Å². The maximum atomic E-state index is 13.6. The SMILES string of the molecule is Cc1cc(C(F)(F)F)[n]([Ge]([n]2nc(C(F)(F)F)cc2C)[n]2nc(C(F)(F)F)cc2C)n1. The number of aryl methyl sites for hydroxylation is 3. The molecule has 0 bridgehead atoms. The first-order valence-corrected chi connectivity index (χ1v) is 11.1. The van der Waals surface area contributed by atoms with E-state index in [1.807, 2.05) is 0 Å². The standard InChI is InChI=1S/C15H12F9GeN6/c1-7-4-12(15(22,23)24)31(26-7)25(29-8(2)5-10(27-29)13(16,17)18)30-9(3)6-11(28-30)14(19,20)21/h4-6H,1-3H3. The minimum absolute atomic E-state index is 0.126. The Bertz CT molecular complexity index is 1040. The Kier molecular flexibility index (Phi) is 5.47. The quantitative estimate of drug-likeness (QED) is 0.385. The molecule has 0 fully saturated rings. The molecule has 16 heteroatoms. The van der Waals surface area contributed by atoms with E-state index >= 15 is 0 Å². The molecule has 0 saturated heterocycles. The fourth-order valence-electron chi connectivity index (χ4n) is 2.75. The molecule has 3 aromatic heterocycles. The molecule has 0 unspecified atom stereocenters. The molecule has 0 aromatic carbocycles. The third kappa shape index (κ3) is 4.45. The first-order chi connectivity index (χ1) is 14.0. The Morgan fingerprint density at radius 3 is 1.35 bits per heavy atom. The first kappa shape index (κ1) is 23.2. The molecule has 3 rings (SSSR count). The van der Waals surface area contributed by atoms with Crippen molar-refractivity contribution in [3.05, 3.63) is 52.4 Å². The van der Waals surface area contributed by atoms with Gasteiger partial charge in [0.2, 0.25) is 0 Å². The molecule has 0 N–H and O–H groups in total. The van der Waals surface area contributed by atoms with Crippen LogP contribution >= 0.6 is 0 Å². The van der Waals surface area contributed by atoms with Crippen LogP contribution in [0.3, 0.4) is 0 Å². The monoisotopic (exact) mass is 521 g/mol. The van der Waals surface area contributed by atoms with Gasteiger partial charge in [-0.2, -0.15) is 0 Å². The van der Waals surface area contributed by atoms with Crippen LogP contribution in [0.25, 0.3) is 0 Å². The van der Waals surface area contributed by atoms with Crippen molar-refractivity contribution in [3.63, 3.8) is 0 Å². The van der Waals surface area contributed by atoms with Gasteiger partial charge in [-0.1, -0.05) is 0 Å². The van der Waals surface area contributed by atoms with E-state index in [0.29, 0.717) is 29.1 Å². The average Bonchev–Trinajstić information content (AvgIpc) is 3.25. The summed E-state index contributed by atoms with van der Waals surface area (Å²) in [5, 5.41) is 10.5. The zero-order chi connectivity index (χ0) is 23.5. The van der Waals surface area contributed by atoms with Gasteiger partial charge in [0.25, 0.3) is 0 Å². The molecule has 0 aliphatic heterocycles. The minimum atomic E-state index is -4.97. The summed E-state index contributed by atoms with van der Waals surface area (Å²) in [5.41, 5.74) is -4.65. The molecule has 0 atom stereocenters. The van der Waals surface area contributed by atoms with Crippen LogP contribution in [-0.4, -0.2) is 41.2 Å². The van der Waals surface area contributed by atoms with Gasteiger partial charge in [-0.3, -0.25) is 0 Å². The Balaban J connectivity index is 2.33. The van der Waals surface area contributed by atoms with E-state index in [2.05, 4.69) is 15.3 Å². The number of hydrogen-bond acceptors (Lipinski definition) is 3. The van der Waals surface area contributed by atoms with Crippen molar-refractivity contribution >= 4 is 15.0 Å². The fraction of sp³-hybridized carbons (Fsp3) is 0.400. The van der Waals surface area contributed by atoms with E-state index in [0.717, 1.165) is 13.8 Å². The summed E-state index contributed by atoms with van der Waals surface area (Å²) in [6.45, 7) is 3.53. The van der Waals surface area contributed by atoms with Gasteiger partial charge in [-0.05, 0) is 0 Å². The molecule has 3 heterocycles. The summed E-state index contributed by atoms with van der Waals surface area (Å²) in [4.78, 5) is 0. The molecule has 1 radical (unpaired) electrons. The van der Waals surface area contributed by atoms with Crippen molar-refractivity contribution in [2.24, 2.45) is 0 Å². The first-order valence-electron chi connectivity index (χ1n) is 8.30. The second-order valence-electron chi connectivity index (χ2n) is 6.54. The average molecular weight is 520 g/mol. The molecule has 0 aliphatic carbocycles. The molecule has 0 amide bonds. The third-order valence-electron chi connectivity index (χ3n) is 4.05. The number of hydrogen-bond donors (Lipinski definition) is 0. The van der Waals surface area contributed by atoms with Gasteiger partial charge in [0.15, 0.2) is 0 Å². The van der Waals surface area contributed by atoms with Gasteiger partial charge >= 0.3 is 172 Å². The summed E-state index contributed by atoms with van der Waals surface area (Å²) in [6.07, 6.45) is -14.8. The predicted molar refractivity (Wildman–Crippen MR) is 87.8 cm³/mol. The van der Waals surface area contributed by atoms with Crippen LogP contribution < -0.4 is 0 Å². The van der Waals surface area contributed by atoms with Crippen molar-refractivity contribution < 1.29 is 39.5 Å². The number of rotatable bonds is 3. The summed E-state index contributed by atoms with van der Waals surface area (Å²) >= 11 is -4.29. The zero-order valence-electron chi connectivity index (χ0n) is 15.8. The molecular weight excluding hydrogens is 508 g/mol. The van der Waals surface area contributed by atoms with Crippen molar-refractivity contribution in [2.75, 3.05) is 0 Å². The van der Waals surface area contributed by atoms with E-state index in [9.17, 15) is 39.5 Å². The molecule has 3 aromatic rings. The summed E-state index contributed by atoms with van der Waals surface area (Å²) < 4.78 is 121. The number of nitrogens with zero attached hydrogens (tertiary/aromatic N) is 6. The van der Waals surface area contributed by atoms with Gasteiger partial charge in [0.1, 0.15) is 0 Å². The van der Waals surface area contributed by atoms with Crippen LogP contribution in [0.15, 0.2) is 18.2 Å². The molecular formula is C15H12F9GeN6. The normalized spacial score (nSPS) is 13.5. The van der Waals surface area contributed by atoms with Gasteiger partial charge in [-0.25, -0.2) is 0 Å². The predicted octanol–water partition coefficient (Wildman–Crippen LogP) is 4.19. The van der Waals surface area contributed by atoms with Crippen molar-refractivity contribution in [2.45, 2.75) is 39.3 Å². The van der Waals surface area contributed by atoms with Gasteiger partial charge in [-0.15, -0.1) is 0 Å². The van der Waals surface area contributed by atoms with Crippen LogP contribution in [0.1, 0.15) is 34.2 Å². The number of aromatic nitrogens is 6. The fourth-order valence-corrected chi connectivity index (χ4v) is 7.68. The zero-order valence-corrected chi connectivity index (χ0v) is 17.9. The van der Waals surface area contributed by atoms with Gasteiger partial charge in [0, 0.05) is 0 Å². The van der Waals surface area contributed by atoms with E-state index in [1.165, 1.54) is 6.92 Å². The number of halogens is 9. The Labute approximate surface area is 173 Å². The summed E-state index contributed by atoms with van der Waals surface area (Å²) in [7, 11) is 0. The molecule has 0 aliphatic rings. The van der Waals surface area contributed by atoms with Crippen LogP contribution in [-0.2, 0) is 18.5 Å². The molecule has 0 saturated carbocycles. The maximum absolute atomic E-state index is 13.6. The topological polar surface area (TPSA) is 53.5 Å². The van der Waals surface area contributed by atoms with E-state index in [4.69, 9.17) is 0 Å². The summed E-state index contributed by atoms with van der Waals surface area (Å²) in [5.74, 6) is 0. The van der Waals surface area contributed by atoms with E-state index in [1.54, 1.807) is 0 Å². The van der Waals surface area contributed by atoms with Crippen LogP contribution in [0.4, 0.5) is 39.5 Å². The Morgan fingerprint density at radius 2 is 1.03 bits per heavy atom. The van der Waals surface area contributed by atoms with Gasteiger partial charge in [0.05, 0.1) is 0 Å². The van der Waals surface area contributed by atoms with Crippen LogP contribution in [0.2, 0.25) is 0 Å². The molecule has 6 nitrogen and oxygen atoms in total. The Hall–Kier alpha value is -2.46. The second kappa shape index (κ2) is 7.30. The van der Waals surface area contributed by atoms with Crippen LogP contribution in [0, 0.1) is 20.8 Å².